The Morgan fingerprint density at radius 1 is 1.40 bits per heavy atom. The highest BCUT2D eigenvalue weighted by atomic mass is 15.2. The van der Waals surface area contributed by atoms with Crippen molar-refractivity contribution in [2.45, 2.75) is 32.2 Å². The van der Waals surface area contributed by atoms with Crippen molar-refractivity contribution in [3.63, 3.8) is 0 Å². The first-order valence-electron chi connectivity index (χ1n) is 5.91. The Labute approximate surface area is 92.1 Å². The van der Waals surface area contributed by atoms with Gasteiger partial charge in [-0.15, -0.1) is 0 Å². The van der Waals surface area contributed by atoms with E-state index in [1.165, 1.54) is 30.5 Å². The van der Waals surface area contributed by atoms with E-state index in [1.54, 1.807) is 0 Å². The largest absolute Gasteiger partial charge is 0.367 e. The Morgan fingerprint density at radius 2 is 2.20 bits per heavy atom. The molecular formula is C13H20N2. The van der Waals surface area contributed by atoms with Gasteiger partial charge in [0.15, 0.2) is 0 Å². The Bertz CT molecular complexity index is 322. The summed E-state index contributed by atoms with van der Waals surface area (Å²) < 4.78 is 0. The molecular weight excluding hydrogens is 184 g/mol. The molecule has 1 aromatic carbocycles. The van der Waals surface area contributed by atoms with Gasteiger partial charge in [-0.05, 0) is 30.9 Å². The van der Waals surface area contributed by atoms with E-state index in [2.05, 4.69) is 36.1 Å². The second kappa shape index (κ2) is 4.67. The summed E-state index contributed by atoms with van der Waals surface area (Å²) in [4.78, 5) is 2.48. The van der Waals surface area contributed by atoms with Gasteiger partial charge < -0.3 is 10.6 Å². The minimum Gasteiger partial charge on any atom is -0.367 e. The molecule has 0 radical (unpaired) electrons. The highest BCUT2D eigenvalue weighted by molar-refractivity contribution is 5.56. The molecule has 1 unspecified atom stereocenters. The van der Waals surface area contributed by atoms with Crippen molar-refractivity contribution >= 4 is 5.69 Å². The van der Waals surface area contributed by atoms with E-state index in [4.69, 9.17) is 5.73 Å². The van der Waals surface area contributed by atoms with Gasteiger partial charge >= 0.3 is 0 Å². The van der Waals surface area contributed by atoms with Crippen molar-refractivity contribution in [2.75, 3.05) is 18.0 Å². The van der Waals surface area contributed by atoms with Crippen LogP contribution in [0.25, 0.3) is 0 Å². The summed E-state index contributed by atoms with van der Waals surface area (Å²) in [6.45, 7) is 3.99. The summed E-state index contributed by atoms with van der Waals surface area (Å²) in [6, 6.07) is 9.41. The predicted octanol–water partition coefficient (Wildman–Crippen LogP) is 2.18. The Balaban J connectivity index is 2.29. The molecule has 1 aliphatic heterocycles. The van der Waals surface area contributed by atoms with Gasteiger partial charge in [0.2, 0.25) is 0 Å². The van der Waals surface area contributed by atoms with Gasteiger partial charge in [0, 0.05) is 24.8 Å². The topological polar surface area (TPSA) is 29.3 Å². The van der Waals surface area contributed by atoms with Crippen LogP contribution < -0.4 is 10.6 Å². The number of fused-ring (bicyclic) bond motifs is 1. The molecule has 1 atom stereocenters. The molecule has 2 rings (SSSR count). The van der Waals surface area contributed by atoms with E-state index in [-0.39, 0.29) is 0 Å². The molecule has 2 heteroatoms. The van der Waals surface area contributed by atoms with Gasteiger partial charge in [-0.25, -0.2) is 0 Å². The molecule has 0 fully saturated rings. The molecule has 0 bridgehead atoms. The van der Waals surface area contributed by atoms with Crippen LogP contribution in [0.5, 0.6) is 0 Å². The van der Waals surface area contributed by atoms with Gasteiger partial charge in [-0.1, -0.05) is 25.1 Å². The molecule has 0 aromatic heterocycles. The molecule has 0 amide bonds. The van der Waals surface area contributed by atoms with Crippen LogP contribution >= 0.6 is 0 Å². The number of aryl methyl sites for hydroxylation is 1. The Morgan fingerprint density at radius 3 is 2.93 bits per heavy atom. The van der Waals surface area contributed by atoms with E-state index in [9.17, 15) is 0 Å². The van der Waals surface area contributed by atoms with Crippen LogP contribution in [0.15, 0.2) is 24.3 Å². The zero-order valence-corrected chi connectivity index (χ0v) is 9.45. The van der Waals surface area contributed by atoms with Gasteiger partial charge in [0.1, 0.15) is 0 Å². The molecule has 0 saturated heterocycles. The second-order valence-electron chi connectivity index (χ2n) is 4.21. The lowest BCUT2D eigenvalue weighted by atomic mass is 9.94. The summed E-state index contributed by atoms with van der Waals surface area (Å²) in [5.74, 6) is 0. The van der Waals surface area contributed by atoms with Crippen LogP contribution in [0.1, 0.15) is 25.3 Å². The standard InChI is InChI=1S/C13H20N2/c1-2-12-8-7-11-5-3-4-6-13(11)15(12)10-9-14/h3-6,12H,2,7-10,14H2,1H3. The van der Waals surface area contributed by atoms with Crippen molar-refractivity contribution in [1.82, 2.24) is 0 Å². The van der Waals surface area contributed by atoms with E-state index < -0.39 is 0 Å². The first-order chi connectivity index (χ1) is 7.36. The summed E-state index contributed by atoms with van der Waals surface area (Å²) in [5, 5.41) is 0. The number of nitrogens with two attached hydrogens (primary N) is 1. The molecule has 1 heterocycles. The van der Waals surface area contributed by atoms with E-state index in [1.807, 2.05) is 0 Å². The van der Waals surface area contributed by atoms with Gasteiger partial charge in [-0.2, -0.15) is 0 Å². The maximum atomic E-state index is 5.69. The number of hydrogen-bond donors (Lipinski definition) is 1. The maximum absolute atomic E-state index is 5.69. The Kier molecular flexibility index (Phi) is 3.27. The van der Waals surface area contributed by atoms with E-state index >= 15 is 0 Å². The average molecular weight is 204 g/mol. The monoisotopic (exact) mass is 204 g/mol. The van der Waals surface area contributed by atoms with Crippen LogP contribution in [0.3, 0.4) is 0 Å². The summed E-state index contributed by atoms with van der Waals surface area (Å²) in [6.07, 6.45) is 3.71. The Hall–Kier alpha value is -1.02. The highest BCUT2D eigenvalue weighted by Gasteiger charge is 2.23. The average Bonchev–Trinajstić information content (AvgIpc) is 2.30. The molecule has 2 N–H and O–H groups in total. The molecule has 0 aliphatic carbocycles. The third kappa shape index (κ3) is 2.00. The zero-order chi connectivity index (χ0) is 10.7. The summed E-state index contributed by atoms with van der Waals surface area (Å²) >= 11 is 0. The van der Waals surface area contributed by atoms with E-state index in [0.29, 0.717) is 6.04 Å². The molecule has 2 nitrogen and oxygen atoms in total. The minimum absolute atomic E-state index is 0.684. The normalized spacial score (nSPS) is 20.1. The molecule has 0 spiro atoms. The zero-order valence-electron chi connectivity index (χ0n) is 9.45. The second-order valence-corrected chi connectivity index (χ2v) is 4.21. The van der Waals surface area contributed by atoms with Crippen LogP contribution in [0.2, 0.25) is 0 Å². The molecule has 1 aromatic rings. The van der Waals surface area contributed by atoms with Gasteiger partial charge in [0.25, 0.3) is 0 Å². The van der Waals surface area contributed by atoms with Crippen molar-refractivity contribution in [1.29, 1.82) is 0 Å². The van der Waals surface area contributed by atoms with Crippen molar-refractivity contribution in [3.8, 4) is 0 Å². The molecule has 15 heavy (non-hydrogen) atoms. The fourth-order valence-corrected chi connectivity index (χ4v) is 2.54. The van der Waals surface area contributed by atoms with Crippen molar-refractivity contribution in [3.05, 3.63) is 29.8 Å². The minimum atomic E-state index is 0.684. The van der Waals surface area contributed by atoms with Crippen molar-refractivity contribution < 1.29 is 0 Å². The molecule has 1 aliphatic rings. The predicted molar refractivity (Wildman–Crippen MR) is 65.2 cm³/mol. The lowest BCUT2D eigenvalue weighted by molar-refractivity contribution is 0.515. The lowest BCUT2D eigenvalue weighted by Crippen LogP contribution is -2.41. The van der Waals surface area contributed by atoms with Crippen LogP contribution in [0, 0.1) is 0 Å². The van der Waals surface area contributed by atoms with Crippen molar-refractivity contribution in [2.24, 2.45) is 5.73 Å². The summed E-state index contributed by atoms with van der Waals surface area (Å²) in [5.41, 5.74) is 8.58. The van der Waals surface area contributed by atoms with Gasteiger partial charge in [-0.3, -0.25) is 0 Å². The van der Waals surface area contributed by atoms with Crippen LogP contribution in [-0.2, 0) is 6.42 Å². The first-order valence-corrected chi connectivity index (χ1v) is 5.91. The third-order valence-corrected chi connectivity index (χ3v) is 3.33. The fraction of sp³-hybridized carbons (Fsp3) is 0.538. The third-order valence-electron chi connectivity index (χ3n) is 3.33. The number of benzene rings is 1. The number of para-hydroxylation sites is 1. The smallest absolute Gasteiger partial charge is 0.0401 e. The SMILES string of the molecule is CCC1CCc2ccccc2N1CCN. The fourth-order valence-electron chi connectivity index (χ4n) is 2.54. The maximum Gasteiger partial charge on any atom is 0.0401 e. The number of hydrogen-bond acceptors (Lipinski definition) is 2. The summed E-state index contributed by atoms with van der Waals surface area (Å²) in [7, 11) is 0. The van der Waals surface area contributed by atoms with Crippen LogP contribution in [0.4, 0.5) is 5.69 Å². The number of anilines is 1. The van der Waals surface area contributed by atoms with Crippen LogP contribution in [-0.4, -0.2) is 19.1 Å². The lowest BCUT2D eigenvalue weighted by Gasteiger charge is -2.38. The van der Waals surface area contributed by atoms with E-state index in [0.717, 1.165) is 13.1 Å². The number of rotatable bonds is 3. The first kappa shape index (κ1) is 10.5. The number of nitrogens with zero attached hydrogens (tertiary/aromatic N) is 1. The molecule has 0 saturated carbocycles. The quantitative estimate of drug-likeness (QED) is 0.817. The van der Waals surface area contributed by atoms with Gasteiger partial charge in [0.05, 0.1) is 0 Å². The highest BCUT2D eigenvalue weighted by Crippen LogP contribution is 2.31. The molecule has 82 valence electrons.